The molecule has 1 unspecified atom stereocenters. The summed E-state index contributed by atoms with van der Waals surface area (Å²) in [6.45, 7) is 10.2. The Morgan fingerprint density at radius 2 is 1.59 bits per heavy atom. The number of aromatic nitrogens is 1. The molecular weight excluding hydrogens is 480 g/mol. The number of nitrogens with zero attached hydrogens (tertiary/aromatic N) is 1. The van der Waals surface area contributed by atoms with Crippen LogP contribution in [0.25, 0.3) is 0 Å². The molecule has 0 spiro atoms. The number of rotatable bonds is 13. The van der Waals surface area contributed by atoms with Crippen LogP contribution in [0.1, 0.15) is 52.0 Å². The lowest BCUT2D eigenvalue weighted by Gasteiger charge is -2.33. The van der Waals surface area contributed by atoms with Crippen LogP contribution in [0.2, 0.25) is 0 Å². The first-order valence-electron chi connectivity index (χ1n) is 12.1. The normalized spacial score (nSPS) is 13.3. The highest BCUT2D eigenvalue weighted by molar-refractivity contribution is 5.98. The minimum Gasteiger partial charge on any atom is -0.493 e. The van der Waals surface area contributed by atoms with Gasteiger partial charge in [-0.25, -0.2) is 9.78 Å². The number of amides is 1. The van der Waals surface area contributed by atoms with Crippen molar-refractivity contribution in [3.63, 3.8) is 0 Å². The number of nitrogens with one attached hydrogen (secondary N) is 1. The molecule has 3 atom stereocenters. The maximum Gasteiger partial charge on any atom is 0.328 e. The van der Waals surface area contributed by atoms with Crippen LogP contribution >= 0.6 is 0 Å². The SMILES string of the molecule is COc1ccnc(C(=O)N[C@@H](C)C(=O)OC(C(C)C)[C@H](Oc2ccccc2)C(C)C)c1OCOC(C)=O. The number of hydrogen-bond donors (Lipinski definition) is 1. The number of esters is 2. The van der Waals surface area contributed by atoms with Gasteiger partial charge in [0.25, 0.3) is 5.91 Å². The maximum absolute atomic E-state index is 13.0. The van der Waals surface area contributed by atoms with Crippen LogP contribution in [-0.2, 0) is 19.1 Å². The maximum atomic E-state index is 13.0. The van der Waals surface area contributed by atoms with Crippen LogP contribution in [0, 0.1) is 11.8 Å². The lowest BCUT2D eigenvalue weighted by atomic mass is 9.93. The van der Waals surface area contributed by atoms with Gasteiger partial charge in [0.2, 0.25) is 6.79 Å². The van der Waals surface area contributed by atoms with E-state index in [0.29, 0.717) is 5.75 Å². The van der Waals surface area contributed by atoms with Crippen molar-refractivity contribution < 1.29 is 38.1 Å². The van der Waals surface area contributed by atoms with Crippen molar-refractivity contribution in [1.82, 2.24) is 10.3 Å². The summed E-state index contributed by atoms with van der Waals surface area (Å²) in [4.78, 5) is 41.2. The Hall–Kier alpha value is -3.82. The van der Waals surface area contributed by atoms with Crippen LogP contribution in [0.5, 0.6) is 17.2 Å². The zero-order valence-electron chi connectivity index (χ0n) is 22.3. The minimum absolute atomic E-state index is 0.0273. The van der Waals surface area contributed by atoms with E-state index in [-0.39, 0.29) is 29.0 Å². The number of carbonyl (C=O) groups excluding carboxylic acids is 3. The molecule has 0 aliphatic rings. The minimum atomic E-state index is -1.01. The first kappa shape index (κ1) is 29.4. The Kier molecular flexibility index (Phi) is 11.2. The largest absolute Gasteiger partial charge is 0.493 e. The zero-order chi connectivity index (χ0) is 27.5. The van der Waals surface area contributed by atoms with E-state index < -0.39 is 42.9 Å². The molecule has 0 fully saturated rings. The van der Waals surface area contributed by atoms with Crippen LogP contribution < -0.4 is 19.5 Å². The molecular formula is C27H36N2O8. The van der Waals surface area contributed by atoms with Crippen LogP contribution in [0.4, 0.5) is 0 Å². The Bertz CT molecular complexity index is 1040. The van der Waals surface area contributed by atoms with E-state index in [0.717, 1.165) is 0 Å². The van der Waals surface area contributed by atoms with Crippen LogP contribution in [-0.4, -0.2) is 55.0 Å². The second kappa shape index (κ2) is 14.1. The molecule has 0 radical (unpaired) electrons. The van der Waals surface area contributed by atoms with E-state index >= 15 is 0 Å². The van der Waals surface area contributed by atoms with E-state index in [4.69, 9.17) is 23.7 Å². The van der Waals surface area contributed by atoms with Gasteiger partial charge in [-0.05, 0) is 30.9 Å². The highest BCUT2D eigenvalue weighted by Gasteiger charge is 2.34. The summed E-state index contributed by atoms with van der Waals surface area (Å²) in [6.07, 6.45) is 0.387. The summed E-state index contributed by atoms with van der Waals surface area (Å²) in [7, 11) is 1.39. The van der Waals surface area contributed by atoms with Crippen molar-refractivity contribution in [2.45, 2.75) is 59.8 Å². The molecule has 1 aromatic carbocycles. The second-order valence-corrected chi connectivity index (χ2v) is 9.07. The number of ether oxygens (including phenoxy) is 5. The standard InChI is InChI=1S/C27H36N2O8/c1-16(2)23(36-20-11-9-8-10-12-20)24(17(3)4)37-27(32)18(5)29-26(31)22-25(35-15-34-19(6)30)21(33-7)13-14-28-22/h8-14,16-18,23-24H,15H2,1-7H3,(H,29,31)/t18-,23+,24?/m0/s1. The topological polar surface area (TPSA) is 122 Å². The van der Waals surface area contributed by atoms with Gasteiger partial charge in [-0.2, -0.15) is 0 Å². The third kappa shape index (κ3) is 8.66. The van der Waals surface area contributed by atoms with Gasteiger partial charge in [0.05, 0.1) is 7.11 Å². The monoisotopic (exact) mass is 516 g/mol. The van der Waals surface area contributed by atoms with Crippen LogP contribution in [0.15, 0.2) is 42.6 Å². The molecule has 2 rings (SSSR count). The Morgan fingerprint density at radius 3 is 2.16 bits per heavy atom. The highest BCUT2D eigenvalue weighted by atomic mass is 16.7. The van der Waals surface area contributed by atoms with E-state index in [2.05, 4.69) is 10.3 Å². The average molecular weight is 517 g/mol. The molecule has 1 aromatic heterocycles. The molecule has 10 nitrogen and oxygen atoms in total. The summed E-state index contributed by atoms with van der Waals surface area (Å²) in [5, 5.41) is 2.59. The van der Waals surface area contributed by atoms with Gasteiger partial charge < -0.3 is 29.0 Å². The number of pyridine rings is 1. The third-order valence-corrected chi connectivity index (χ3v) is 5.38. The fourth-order valence-electron chi connectivity index (χ4n) is 3.45. The molecule has 0 bridgehead atoms. The van der Waals surface area contributed by atoms with Gasteiger partial charge >= 0.3 is 11.9 Å². The molecule has 202 valence electrons. The smallest absolute Gasteiger partial charge is 0.328 e. The summed E-state index contributed by atoms with van der Waals surface area (Å²) in [5.41, 5.74) is -0.140. The van der Waals surface area contributed by atoms with Gasteiger partial charge in [0.1, 0.15) is 24.0 Å². The Morgan fingerprint density at radius 1 is 0.946 bits per heavy atom. The van der Waals surface area contributed by atoms with E-state index in [9.17, 15) is 14.4 Å². The fraction of sp³-hybridized carbons (Fsp3) is 0.481. The lowest BCUT2D eigenvalue weighted by Crippen LogP contribution is -2.47. The first-order valence-corrected chi connectivity index (χ1v) is 12.1. The van der Waals surface area contributed by atoms with E-state index in [1.54, 1.807) is 0 Å². The van der Waals surface area contributed by atoms with Crippen molar-refractivity contribution in [1.29, 1.82) is 0 Å². The average Bonchev–Trinajstić information content (AvgIpc) is 2.85. The van der Waals surface area contributed by atoms with Crippen molar-refractivity contribution in [3.05, 3.63) is 48.3 Å². The number of hydrogen-bond acceptors (Lipinski definition) is 9. The van der Waals surface area contributed by atoms with Gasteiger partial charge in [-0.1, -0.05) is 45.9 Å². The van der Waals surface area contributed by atoms with Gasteiger partial charge in [0.15, 0.2) is 17.2 Å². The number of para-hydroxylation sites is 1. The summed E-state index contributed by atoms with van der Waals surface area (Å²) in [6, 6.07) is 9.82. The number of benzene rings is 1. The van der Waals surface area contributed by atoms with E-state index in [1.165, 1.54) is 33.2 Å². The first-order chi connectivity index (χ1) is 17.5. The molecule has 1 N–H and O–H groups in total. The summed E-state index contributed by atoms with van der Waals surface area (Å²) >= 11 is 0. The molecule has 0 saturated carbocycles. The van der Waals surface area contributed by atoms with Gasteiger partial charge in [-0.3, -0.25) is 9.59 Å². The highest BCUT2D eigenvalue weighted by Crippen LogP contribution is 2.30. The van der Waals surface area contributed by atoms with Crippen LogP contribution in [0.3, 0.4) is 0 Å². The molecule has 1 heterocycles. The third-order valence-electron chi connectivity index (χ3n) is 5.38. The number of methoxy groups -OCH3 is 1. The molecule has 0 saturated heterocycles. The predicted octanol–water partition coefficient (Wildman–Crippen LogP) is 3.78. The quantitative estimate of drug-likeness (QED) is 0.313. The van der Waals surface area contributed by atoms with Crippen molar-refractivity contribution in [2.75, 3.05) is 13.9 Å². The molecule has 2 aromatic rings. The molecule has 37 heavy (non-hydrogen) atoms. The van der Waals surface area contributed by atoms with Crippen molar-refractivity contribution >= 4 is 17.8 Å². The van der Waals surface area contributed by atoms with Crippen molar-refractivity contribution in [3.8, 4) is 17.2 Å². The molecule has 10 heteroatoms. The summed E-state index contributed by atoms with van der Waals surface area (Å²) < 4.78 is 27.5. The van der Waals surface area contributed by atoms with E-state index in [1.807, 2.05) is 58.0 Å². The molecule has 0 aliphatic heterocycles. The second-order valence-electron chi connectivity index (χ2n) is 9.07. The van der Waals surface area contributed by atoms with Crippen molar-refractivity contribution in [2.24, 2.45) is 11.8 Å². The molecule has 0 aliphatic carbocycles. The van der Waals surface area contributed by atoms with Gasteiger partial charge in [0, 0.05) is 19.2 Å². The Balaban J connectivity index is 2.15. The molecule has 1 amide bonds. The Labute approximate surface area is 217 Å². The van der Waals surface area contributed by atoms with Gasteiger partial charge in [-0.15, -0.1) is 0 Å². The summed E-state index contributed by atoms with van der Waals surface area (Å²) in [5.74, 6) is -1.02. The predicted molar refractivity (Wildman–Crippen MR) is 135 cm³/mol. The fourth-order valence-corrected chi connectivity index (χ4v) is 3.45. The zero-order valence-corrected chi connectivity index (χ0v) is 22.3. The number of carbonyl (C=O) groups is 3. The lowest BCUT2D eigenvalue weighted by molar-refractivity contribution is -0.161.